The fourth-order valence-electron chi connectivity index (χ4n) is 2.11. The van der Waals surface area contributed by atoms with Crippen molar-refractivity contribution in [1.82, 2.24) is 10.2 Å². The van der Waals surface area contributed by atoms with Gasteiger partial charge in [0, 0.05) is 13.1 Å². The number of para-hydroxylation sites is 1. The van der Waals surface area contributed by atoms with Crippen LogP contribution in [0.3, 0.4) is 0 Å². The third-order valence-electron chi connectivity index (χ3n) is 3.09. The highest BCUT2D eigenvalue weighted by molar-refractivity contribution is 5.94. The van der Waals surface area contributed by atoms with E-state index in [9.17, 15) is 14.0 Å². The van der Waals surface area contributed by atoms with Gasteiger partial charge >= 0.3 is 6.03 Å². The molecule has 102 valence electrons. The number of hydrogen-bond donors (Lipinski definition) is 2. The third kappa shape index (κ3) is 2.83. The lowest BCUT2D eigenvalue weighted by molar-refractivity contribution is -0.127. The number of carbonyl (C=O) groups is 2. The zero-order valence-electron chi connectivity index (χ0n) is 10.6. The number of nitrogens with one attached hydrogen (secondary N) is 2. The standard InChI is InChI=1S/C13H16FN3O2/c1-2-11-12(18)15-7-8-17(11)13(19)16-10-6-4-3-5-9(10)14/h3-6,11H,2,7-8H2,1H3,(H,15,18)(H,16,19). The number of carbonyl (C=O) groups excluding carboxylic acids is 2. The van der Waals surface area contributed by atoms with Gasteiger partial charge in [-0.05, 0) is 18.6 Å². The predicted octanol–water partition coefficient (Wildman–Crippen LogP) is 1.57. The van der Waals surface area contributed by atoms with Crippen molar-refractivity contribution in [2.75, 3.05) is 18.4 Å². The number of rotatable bonds is 2. The molecule has 1 aromatic rings. The van der Waals surface area contributed by atoms with Crippen LogP contribution in [0.5, 0.6) is 0 Å². The van der Waals surface area contributed by atoms with Gasteiger partial charge in [0.25, 0.3) is 0 Å². The Bertz CT molecular complexity index is 493. The first kappa shape index (κ1) is 13.3. The molecule has 1 saturated heterocycles. The average Bonchev–Trinajstić information content (AvgIpc) is 2.41. The summed E-state index contributed by atoms with van der Waals surface area (Å²) < 4.78 is 13.5. The highest BCUT2D eigenvalue weighted by Gasteiger charge is 2.31. The molecule has 3 amide bonds. The first-order valence-electron chi connectivity index (χ1n) is 6.23. The van der Waals surface area contributed by atoms with Gasteiger partial charge in [-0.3, -0.25) is 4.79 Å². The van der Waals surface area contributed by atoms with E-state index >= 15 is 0 Å². The SMILES string of the molecule is CCC1C(=O)NCCN1C(=O)Nc1ccccc1F. The van der Waals surface area contributed by atoms with Crippen LogP contribution in [0, 0.1) is 5.82 Å². The van der Waals surface area contributed by atoms with Gasteiger partial charge < -0.3 is 15.5 Å². The molecule has 0 spiro atoms. The van der Waals surface area contributed by atoms with Gasteiger partial charge in [-0.1, -0.05) is 19.1 Å². The molecule has 1 fully saturated rings. The van der Waals surface area contributed by atoms with Crippen LogP contribution in [-0.2, 0) is 4.79 Å². The van der Waals surface area contributed by atoms with Crippen molar-refractivity contribution in [2.24, 2.45) is 0 Å². The minimum Gasteiger partial charge on any atom is -0.353 e. The fourth-order valence-corrected chi connectivity index (χ4v) is 2.11. The van der Waals surface area contributed by atoms with Crippen molar-refractivity contribution in [1.29, 1.82) is 0 Å². The fraction of sp³-hybridized carbons (Fsp3) is 0.385. The maximum atomic E-state index is 13.5. The molecule has 19 heavy (non-hydrogen) atoms. The highest BCUT2D eigenvalue weighted by Crippen LogP contribution is 2.15. The van der Waals surface area contributed by atoms with E-state index in [4.69, 9.17) is 0 Å². The van der Waals surface area contributed by atoms with Crippen LogP contribution in [0.2, 0.25) is 0 Å². The predicted molar refractivity (Wildman–Crippen MR) is 69.2 cm³/mol. The molecule has 1 aliphatic heterocycles. The van der Waals surface area contributed by atoms with E-state index in [1.807, 2.05) is 6.92 Å². The van der Waals surface area contributed by atoms with Crippen molar-refractivity contribution in [3.8, 4) is 0 Å². The molecule has 0 aliphatic carbocycles. The summed E-state index contributed by atoms with van der Waals surface area (Å²) in [4.78, 5) is 25.2. The molecule has 5 nitrogen and oxygen atoms in total. The van der Waals surface area contributed by atoms with Gasteiger partial charge in [0.2, 0.25) is 5.91 Å². The lowest BCUT2D eigenvalue weighted by atomic mass is 10.1. The minimum atomic E-state index is -0.500. The van der Waals surface area contributed by atoms with Gasteiger partial charge in [0.05, 0.1) is 5.69 Å². The lowest BCUT2D eigenvalue weighted by Crippen LogP contribution is -2.57. The molecule has 1 atom stereocenters. The molecule has 0 saturated carbocycles. The molecule has 0 aromatic heterocycles. The van der Waals surface area contributed by atoms with Crippen molar-refractivity contribution in [3.63, 3.8) is 0 Å². The van der Waals surface area contributed by atoms with Gasteiger partial charge in [-0.2, -0.15) is 0 Å². The Kier molecular flexibility index (Phi) is 3.99. The number of urea groups is 1. The minimum absolute atomic E-state index is 0.119. The average molecular weight is 265 g/mol. The van der Waals surface area contributed by atoms with Crippen molar-refractivity contribution in [3.05, 3.63) is 30.1 Å². The molecule has 1 unspecified atom stereocenters. The third-order valence-corrected chi connectivity index (χ3v) is 3.09. The molecular formula is C13H16FN3O2. The van der Waals surface area contributed by atoms with Crippen LogP contribution in [-0.4, -0.2) is 36.0 Å². The number of hydrogen-bond acceptors (Lipinski definition) is 2. The van der Waals surface area contributed by atoms with E-state index in [1.54, 1.807) is 12.1 Å². The Morgan fingerprint density at radius 1 is 1.53 bits per heavy atom. The van der Waals surface area contributed by atoms with Crippen LogP contribution >= 0.6 is 0 Å². The number of benzene rings is 1. The second kappa shape index (κ2) is 5.69. The summed E-state index contributed by atoms with van der Waals surface area (Å²) in [5.74, 6) is -0.664. The van der Waals surface area contributed by atoms with Gasteiger partial charge in [0.15, 0.2) is 0 Å². The summed E-state index contributed by atoms with van der Waals surface area (Å²) in [6.45, 7) is 2.67. The second-order valence-electron chi connectivity index (χ2n) is 4.32. The Morgan fingerprint density at radius 2 is 2.26 bits per heavy atom. The summed E-state index contributed by atoms with van der Waals surface area (Å²) in [6, 6.07) is 4.99. The number of anilines is 1. The maximum absolute atomic E-state index is 13.5. The number of amides is 3. The molecule has 6 heteroatoms. The van der Waals surface area contributed by atoms with Gasteiger partial charge in [-0.15, -0.1) is 0 Å². The van der Waals surface area contributed by atoms with Crippen LogP contribution < -0.4 is 10.6 Å². The first-order chi connectivity index (χ1) is 9.13. The van der Waals surface area contributed by atoms with E-state index in [0.717, 1.165) is 0 Å². The lowest BCUT2D eigenvalue weighted by Gasteiger charge is -2.34. The van der Waals surface area contributed by atoms with E-state index in [2.05, 4.69) is 10.6 Å². The molecule has 2 N–H and O–H groups in total. The maximum Gasteiger partial charge on any atom is 0.322 e. The molecular weight excluding hydrogens is 249 g/mol. The van der Waals surface area contributed by atoms with Crippen molar-refractivity contribution < 1.29 is 14.0 Å². The Balaban J connectivity index is 2.11. The zero-order valence-corrected chi connectivity index (χ0v) is 10.6. The number of piperazine rings is 1. The van der Waals surface area contributed by atoms with E-state index in [1.165, 1.54) is 17.0 Å². The van der Waals surface area contributed by atoms with E-state index < -0.39 is 17.9 Å². The van der Waals surface area contributed by atoms with Gasteiger partial charge in [0.1, 0.15) is 11.9 Å². The molecule has 0 bridgehead atoms. The normalized spacial score (nSPS) is 18.9. The van der Waals surface area contributed by atoms with Crippen LogP contribution in [0.1, 0.15) is 13.3 Å². The molecule has 1 heterocycles. The molecule has 1 aliphatic rings. The van der Waals surface area contributed by atoms with Crippen LogP contribution in [0.4, 0.5) is 14.9 Å². The van der Waals surface area contributed by atoms with Crippen LogP contribution in [0.25, 0.3) is 0 Å². The highest BCUT2D eigenvalue weighted by atomic mass is 19.1. The summed E-state index contributed by atoms with van der Waals surface area (Å²) in [5, 5.41) is 5.21. The summed E-state index contributed by atoms with van der Waals surface area (Å²) in [7, 11) is 0. The number of nitrogens with zero attached hydrogens (tertiary/aromatic N) is 1. The summed E-state index contributed by atoms with van der Waals surface area (Å²) >= 11 is 0. The zero-order chi connectivity index (χ0) is 13.8. The Hall–Kier alpha value is -2.11. The van der Waals surface area contributed by atoms with E-state index in [-0.39, 0.29) is 11.6 Å². The quantitative estimate of drug-likeness (QED) is 0.852. The smallest absolute Gasteiger partial charge is 0.322 e. The van der Waals surface area contributed by atoms with Crippen LogP contribution in [0.15, 0.2) is 24.3 Å². The topological polar surface area (TPSA) is 61.4 Å². The van der Waals surface area contributed by atoms with Crippen molar-refractivity contribution >= 4 is 17.6 Å². The van der Waals surface area contributed by atoms with Gasteiger partial charge in [-0.25, -0.2) is 9.18 Å². The summed E-state index contributed by atoms with van der Waals surface area (Å²) in [5.41, 5.74) is 0.119. The van der Waals surface area contributed by atoms with Crippen molar-refractivity contribution in [2.45, 2.75) is 19.4 Å². The summed E-state index contributed by atoms with van der Waals surface area (Å²) in [6.07, 6.45) is 0.524. The number of halogens is 1. The Morgan fingerprint density at radius 3 is 2.95 bits per heavy atom. The monoisotopic (exact) mass is 265 g/mol. The molecule has 1 aromatic carbocycles. The largest absolute Gasteiger partial charge is 0.353 e. The molecule has 0 radical (unpaired) electrons. The van der Waals surface area contributed by atoms with E-state index in [0.29, 0.717) is 19.5 Å². The first-order valence-corrected chi connectivity index (χ1v) is 6.23. The molecule has 2 rings (SSSR count). The Labute approximate surface area is 110 Å². The second-order valence-corrected chi connectivity index (χ2v) is 4.32.